The lowest BCUT2D eigenvalue weighted by molar-refractivity contribution is -0.680. The van der Waals surface area contributed by atoms with Crippen molar-refractivity contribution in [3.8, 4) is 5.69 Å². The van der Waals surface area contributed by atoms with Crippen LogP contribution in [0.5, 0.6) is 0 Å². The third-order valence-corrected chi connectivity index (χ3v) is 4.19. The van der Waals surface area contributed by atoms with Gasteiger partial charge in [-0.15, -0.1) is 0 Å². The van der Waals surface area contributed by atoms with Crippen LogP contribution in [0.4, 0.5) is 0 Å². The topological polar surface area (TPSA) is 66.9 Å². The molecule has 5 nitrogen and oxygen atoms in total. The molecular formula is C18H14BrN2O3+. The summed E-state index contributed by atoms with van der Waals surface area (Å²) in [5.74, 6) is -0.0909. The van der Waals surface area contributed by atoms with Crippen molar-refractivity contribution >= 4 is 27.8 Å². The maximum atomic E-state index is 12.2. The van der Waals surface area contributed by atoms with Crippen molar-refractivity contribution in [1.29, 1.82) is 0 Å². The molecule has 0 bridgehead atoms. The number of hydrogen-bond donors (Lipinski definition) is 1. The number of nitrogens with one attached hydrogen (secondary N) is 1. The zero-order valence-corrected chi connectivity index (χ0v) is 14.4. The molecule has 0 aliphatic heterocycles. The largest absolute Gasteiger partial charge is 0.442 e. The third-order valence-electron chi connectivity index (χ3n) is 3.51. The molecule has 0 amide bonds. The zero-order chi connectivity index (χ0) is 17.1. The molecule has 1 N–H and O–H groups in total. The summed E-state index contributed by atoms with van der Waals surface area (Å²) in [7, 11) is 0. The smallest absolute Gasteiger partial charge is 0.289 e. The molecule has 0 saturated heterocycles. The average molecular weight is 386 g/mol. The van der Waals surface area contributed by atoms with Gasteiger partial charge in [0.05, 0.1) is 0 Å². The van der Waals surface area contributed by atoms with Crippen molar-refractivity contribution < 1.29 is 14.0 Å². The summed E-state index contributed by atoms with van der Waals surface area (Å²) in [6.45, 7) is 2.02. The summed E-state index contributed by atoms with van der Waals surface area (Å²) < 4.78 is 6.37. The Morgan fingerprint density at radius 2 is 1.79 bits per heavy atom. The highest BCUT2D eigenvalue weighted by atomic mass is 79.9. The minimum Gasteiger partial charge on any atom is -0.289 e. The summed E-state index contributed by atoms with van der Waals surface area (Å²) in [6.07, 6.45) is 3.33. The van der Waals surface area contributed by atoms with Gasteiger partial charge < -0.3 is 0 Å². The van der Waals surface area contributed by atoms with Gasteiger partial charge in [0, 0.05) is 33.6 Å². The molecule has 0 aliphatic carbocycles. The van der Waals surface area contributed by atoms with E-state index < -0.39 is 5.63 Å². The van der Waals surface area contributed by atoms with Crippen LogP contribution in [0, 0.1) is 6.92 Å². The van der Waals surface area contributed by atoms with Crippen LogP contribution < -0.4 is 10.3 Å². The Bertz CT molecular complexity index is 951. The molecule has 120 valence electrons. The summed E-state index contributed by atoms with van der Waals surface area (Å²) in [5, 5.41) is 2.47. The summed E-state index contributed by atoms with van der Waals surface area (Å²) in [5.41, 5.74) is 2.88. The molecule has 3 aromatic rings. The van der Waals surface area contributed by atoms with E-state index in [1.807, 2.05) is 31.2 Å². The Labute approximate surface area is 146 Å². The van der Waals surface area contributed by atoms with Gasteiger partial charge in [0.2, 0.25) is 5.69 Å². The van der Waals surface area contributed by atoms with E-state index in [1.54, 1.807) is 36.4 Å². The number of aromatic nitrogens is 2. The van der Waals surface area contributed by atoms with Gasteiger partial charge in [-0.3, -0.25) is 9.32 Å². The number of nitrogens with zero attached hydrogens (tertiary/aromatic N) is 1. The third kappa shape index (κ3) is 3.44. The molecule has 0 aliphatic rings. The number of hydrogen-bond acceptors (Lipinski definition) is 3. The van der Waals surface area contributed by atoms with E-state index in [1.165, 1.54) is 10.2 Å². The molecule has 0 radical (unpaired) electrons. The first kappa shape index (κ1) is 16.1. The van der Waals surface area contributed by atoms with Gasteiger partial charge in [-0.2, -0.15) is 0 Å². The van der Waals surface area contributed by atoms with Crippen LogP contribution in [0.15, 0.2) is 68.5 Å². The van der Waals surface area contributed by atoms with Gasteiger partial charge in [-0.1, -0.05) is 35.9 Å². The van der Waals surface area contributed by atoms with E-state index in [4.69, 9.17) is 0 Å². The molecule has 3 rings (SSSR count). The van der Waals surface area contributed by atoms with Crippen LogP contribution in [0.1, 0.15) is 21.5 Å². The minimum absolute atomic E-state index is 0.0909. The SMILES string of the molecule is Cc1ccc(/C=C/C(=O)c2ccc(-[n+]3[nH]oc(=O)c3Br)cc2)cc1. The van der Waals surface area contributed by atoms with Gasteiger partial charge in [-0.25, -0.2) is 4.79 Å². The molecular weight excluding hydrogens is 372 g/mol. The van der Waals surface area contributed by atoms with Crippen molar-refractivity contribution in [1.82, 2.24) is 5.27 Å². The predicted octanol–water partition coefficient (Wildman–Crippen LogP) is 3.21. The molecule has 1 heterocycles. The van der Waals surface area contributed by atoms with Gasteiger partial charge >= 0.3 is 10.2 Å². The van der Waals surface area contributed by atoms with E-state index >= 15 is 0 Å². The second-order valence-electron chi connectivity index (χ2n) is 5.26. The number of carbonyl (C=O) groups is 1. The molecule has 0 saturated carbocycles. The lowest BCUT2D eigenvalue weighted by Crippen LogP contribution is -2.34. The number of aromatic amines is 1. The summed E-state index contributed by atoms with van der Waals surface area (Å²) in [4.78, 5) is 23.5. The van der Waals surface area contributed by atoms with Crippen LogP contribution in [-0.2, 0) is 0 Å². The minimum atomic E-state index is -0.504. The number of allylic oxidation sites excluding steroid dienone is 1. The highest BCUT2D eigenvalue weighted by molar-refractivity contribution is 9.10. The van der Waals surface area contributed by atoms with Crippen LogP contribution in [0.3, 0.4) is 0 Å². The molecule has 1 aromatic heterocycles. The first-order valence-electron chi connectivity index (χ1n) is 7.23. The second kappa shape index (κ2) is 6.80. The number of H-pyrrole nitrogens is 1. The first-order valence-corrected chi connectivity index (χ1v) is 8.02. The maximum Gasteiger partial charge on any atom is 0.442 e. The Morgan fingerprint density at radius 3 is 2.38 bits per heavy atom. The average Bonchev–Trinajstić information content (AvgIpc) is 2.93. The highest BCUT2D eigenvalue weighted by Gasteiger charge is 2.20. The molecule has 2 aromatic carbocycles. The van der Waals surface area contributed by atoms with E-state index in [9.17, 15) is 9.59 Å². The molecule has 0 unspecified atom stereocenters. The van der Waals surface area contributed by atoms with Crippen molar-refractivity contribution in [2.75, 3.05) is 0 Å². The van der Waals surface area contributed by atoms with Crippen molar-refractivity contribution in [3.05, 3.63) is 86.3 Å². The number of ketones is 1. The molecule has 24 heavy (non-hydrogen) atoms. The quantitative estimate of drug-likeness (QED) is 0.426. The standard InChI is InChI=1S/C18H13BrN2O3/c1-12-2-4-13(5-3-12)6-11-16(22)14-7-9-15(10-8-14)21-17(19)18(23)24-20-21/h2-11H,1H3/p+1/b11-6+. The van der Waals surface area contributed by atoms with Crippen molar-refractivity contribution in [2.24, 2.45) is 0 Å². The zero-order valence-electron chi connectivity index (χ0n) is 12.8. The van der Waals surface area contributed by atoms with Gasteiger partial charge in [0.15, 0.2) is 5.78 Å². The Kier molecular flexibility index (Phi) is 4.57. The van der Waals surface area contributed by atoms with Crippen molar-refractivity contribution in [3.63, 3.8) is 0 Å². The lowest BCUT2D eigenvalue weighted by atomic mass is 10.1. The number of benzene rings is 2. The van der Waals surface area contributed by atoms with Gasteiger partial charge in [0.25, 0.3) is 0 Å². The van der Waals surface area contributed by atoms with Crippen molar-refractivity contribution in [2.45, 2.75) is 6.92 Å². The van der Waals surface area contributed by atoms with E-state index in [-0.39, 0.29) is 10.4 Å². The molecule has 0 fully saturated rings. The summed E-state index contributed by atoms with van der Waals surface area (Å²) in [6, 6.07) is 14.8. The molecule has 0 spiro atoms. The van der Waals surface area contributed by atoms with Crippen LogP contribution in [-0.4, -0.2) is 11.1 Å². The van der Waals surface area contributed by atoms with E-state index in [2.05, 4.69) is 25.7 Å². The highest BCUT2D eigenvalue weighted by Crippen LogP contribution is 2.10. The molecule has 6 heteroatoms. The number of rotatable bonds is 4. The van der Waals surface area contributed by atoms with Crippen LogP contribution in [0.2, 0.25) is 0 Å². The fraction of sp³-hybridized carbons (Fsp3) is 0.0556. The normalized spacial score (nSPS) is 11.1. The van der Waals surface area contributed by atoms with Gasteiger partial charge in [0.1, 0.15) is 0 Å². The Morgan fingerprint density at radius 1 is 1.12 bits per heavy atom. The predicted molar refractivity (Wildman–Crippen MR) is 93.1 cm³/mol. The lowest BCUT2D eigenvalue weighted by Gasteiger charge is -1.97. The van der Waals surface area contributed by atoms with Crippen LogP contribution >= 0.6 is 15.9 Å². The van der Waals surface area contributed by atoms with E-state index in [0.29, 0.717) is 11.3 Å². The first-order chi connectivity index (χ1) is 11.5. The fourth-order valence-electron chi connectivity index (χ4n) is 2.15. The second-order valence-corrected chi connectivity index (χ2v) is 6.01. The molecule has 0 atom stereocenters. The van der Waals surface area contributed by atoms with E-state index in [0.717, 1.165) is 5.56 Å². The maximum absolute atomic E-state index is 12.2. The fourth-order valence-corrected chi connectivity index (χ4v) is 2.51. The number of carbonyl (C=O) groups excluding carboxylic acids is 1. The number of aryl methyl sites for hydroxylation is 1. The Balaban J connectivity index is 1.77. The van der Waals surface area contributed by atoms with Crippen LogP contribution in [0.25, 0.3) is 11.8 Å². The number of halogens is 1. The summed E-state index contributed by atoms with van der Waals surface area (Å²) >= 11 is 3.14. The van der Waals surface area contributed by atoms with Gasteiger partial charge in [-0.05, 0) is 40.6 Å². The Hall–Kier alpha value is -2.73. The monoisotopic (exact) mass is 385 g/mol.